The van der Waals surface area contributed by atoms with E-state index >= 15 is 0 Å². The van der Waals surface area contributed by atoms with Gasteiger partial charge in [0.1, 0.15) is 15.9 Å². The van der Waals surface area contributed by atoms with E-state index in [0.29, 0.717) is 42.8 Å². The van der Waals surface area contributed by atoms with Crippen LogP contribution in [0.4, 0.5) is 5.13 Å². The third-order valence-electron chi connectivity index (χ3n) is 5.56. The zero-order chi connectivity index (χ0) is 22.1. The van der Waals surface area contributed by atoms with Crippen molar-refractivity contribution in [2.45, 2.75) is 6.54 Å². The molecule has 0 radical (unpaired) electrons. The van der Waals surface area contributed by atoms with Gasteiger partial charge >= 0.3 is 5.97 Å². The minimum Gasteiger partial charge on any atom is -0.477 e. The van der Waals surface area contributed by atoms with Crippen molar-refractivity contribution in [3.05, 3.63) is 82.1 Å². The highest BCUT2D eigenvalue weighted by molar-refractivity contribution is 7.21. The van der Waals surface area contributed by atoms with E-state index < -0.39 is 11.4 Å². The van der Waals surface area contributed by atoms with Crippen LogP contribution in [0.3, 0.4) is 0 Å². The smallest absolute Gasteiger partial charge is 0.341 e. The molecule has 0 unspecified atom stereocenters. The molecule has 162 valence electrons. The van der Waals surface area contributed by atoms with E-state index in [1.54, 1.807) is 0 Å². The Kier molecular flexibility index (Phi) is 5.46. The van der Waals surface area contributed by atoms with E-state index in [2.05, 4.69) is 9.88 Å². The van der Waals surface area contributed by atoms with Crippen molar-refractivity contribution in [3.8, 4) is 11.1 Å². The molecule has 2 aromatic carbocycles. The predicted octanol–water partition coefficient (Wildman–Crippen LogP) is 3.71. The Labute approximate surface area is 188 Å². The van der Waals surface area contributed by atoms with Gasteiger partial charge in [0.05, 0.1) is 13.2 Å². The lowest BCUT2D eigenvalue weighted by Gasteiger charge is -2.25. The summed E-state index contributed by atoms with van der Waals surface area (Å²) >= 11 is 1.42. The highest BCUT2D eigenvalue weighted by Gasteiger charge is 2.22. The summed E-state index contributed by atoms with van der Waals surface area (Å²) in [5, 5.41) is 10.4. The van der Waals surface area contributed by atoms with Crippen LogP contribution in [0.2, 0.25) is 0 Å². The van der Waals surface area contributed by atoms with E-state index in [0.717, 1.165) is 16.7 Å². The molecule has 0 amide bonds. The molecule has 1 saturated heterocycles. The second-order valence-corrected chi connectivity index (χ2v) is 8.53. The summed E-state index contributed by atoms with van der Waals surface area (Å²) in [4.78, 5) is 32.0. The van der Waals surface area contributed by atoms with Crippen molar-refractivity contribution >= 4 is 32.8 Å². The van der Waals surface area contributed by atoms with E-state index in [4.69, 9.17) is 4.74 Å². The molecule has 3 heterocycles. The number of ether oxygens (including phenoxy) is 1. The van der Waals surface area contributed by atoms with Crippen molar-refractivity contribution in [3.63, 3.8) is 0 Å². The van der Waals surface area contributed by atoms with Gasteiger partial charge in [0.15, 0.2) is 5.13 Å². The summed E-state index contributed by atoms with van der Waals surface area (Å²) in [6.45, 7) is 3.01. The van der Waals surface area contributed by atoms with E-state index in [1.165, 1.54) is 17.5 Å². The fraction of sp³-hybridized carbons (Fsp3) is 0.208. The zero-order valence-corrected chi connectivity index (χ0v) is 18.0. The van der Waals surface area contributed by atoms with Crippen molar-refractivity contribution in [2.24, 2.45) is 0 Å². The number of nitrogens with zero attached hydrogens (tertiary/aromatic N) is 3. The largest absolute Gasteiger partial charge is 0.477 e. The van der Waals surface area contributed by atoms with Crippen LogP contribution in [-0.2, 0) is 11.3 Å². The summed E-state index contributed by atoms with van der Waals surface area (Å²) in [5.74, 6) is -1.25. The standard InChI is InChI=1S/C24H21N3O4S/c28-21-19(23(29)30)15-27(22-20(21)25-24(32-22)26-10-12-31-13-11-26)14-17-8-4-5-9-18(17)16-6-2-1-3-7-16/h1-9,15H,10-14H2,(H,29,30). The minimum absolute atomic E-state index is 0.202. The maximum atomic E-state index is 12.9. The zero-order valence-electron chi connectivity index (χ0n) is 17.2. The van der Waals surface area contributed by atoms with Crippen LogP contribution in [-0.4, -0.2) is 46.9 Å². The molecule has 32 heavy (non-hydrogen) atoms. The third-order valence-corrected chi connectivity index (χ3v) is 6.71. The number of morpholine rings is 1. The van der Waals surface area contributed by atoms with Crippen LogP contribution >= 0.6 is 11.3 Å². The Bertz CT molecular complexity index is 1340. The number of aromatic nitrogens is 2. The lowest BCUT2D eigenvalue weighted by atomic mass is 9.99. The van der Waals surface area contributed by atoms with Crippen molar-refractivity contribution in [2.75, 3.05) is 31.2 Å². The molecule has 8 heteroatoms. The maximum Gasteiger partial charge on any atom is 0.341 e. The Morgan fingerprint density at radius 2 is 1.78 bits per heavy atom. The number of carboxylic acids is 1. The summed E-state index contributed by atoms with van der Waals surface area (Å²) in [6.07, 6.45) is 1.44. The van der Waals surface area contributed by atoms with Gasteiger partial charge in [-0.25, -0.2) is 9.78 Å². The SMILES string of the molecule is O=C(O)c1cn(Cc2ccccc2-c2ccccc2)c2sc(N3CCOCC3)nc2c1=O. The molecule has 0 aliphatic carbocycles. The van der Waals surface area contributed by atoms with Gasteiger partial charge in [0.2, 0.25) is 5.43 Å². The Hall–Kier alpha value is -3.49. The highest BCUT2D eigenvalue weighted by Crippen LogP contribution is 2.30. The van der Waals surface area contributed by atoms with Gasteiger partial charge in [0.25, 0.3) is 0 Å². The topological polar surface area (TPSA) is 84.7 Å². The number of fused-ring (bicyclic) bond motifs is 1. The van der Waals surface area contributed by atoms with Gasteiger partial charge in [-0.05, 0) is 16.7 Å². The monoisotopic (exact) mass is 447 g/mol. The molecule has 1 aliphatic heterocycles. The first kappa shape index (κ1) is 20.4. The summed E-state index contributed by atoms with van der Waals surface area (Å²) in [5.41, 5.74) is 2.56. The molecule has 0 bridgehead atoms. The fourth-order valence-corrected chi connectivity index (χ4v) is 5.04. The first-order valence-electron chi connectivity index (χ1n) is 10.3. The van der Waals surface area contributed by atoms with Crippen LogP contribution in [0, 0.1) is 0 Å². The molecule has 4 aromatic rings. The second-order valence-electron chi connectivity index (χ2n) is 7.58. The van der Waals surface area contributed by atoms with Crippen LogP contribution in [0.25, 0.3) is 21.5 Å². The molecule has 1 fully saturated rings. The number of carbonyl (C=O) groups is 1. The average Bonchev–Trinajstić information content (AvgIpc) is 3.29. The number of aromatic carboxylic acids is 1. The maximum absolute atomic E-state index is 12.9. The number of anilines is 1. The Balaban J connectivity index is 1.64. The normalized spacial score (nSPS) is 14.1. The second kappa shape index (κ2) is 8.57. The van der Waals surface area contributed by atoms with Crippen LogP contribution in [0.1, 0.15) is 15.9 Å². The quantitative estimate of drug-likeness (QED) is 0.502. The van der Waals surface area contributed by atoms with Gasteiger partial charge in [-0.1, -0.05) is 65.9 Å². The van der Waals surface area contributed by atoms with E-state index in [-0.39, 0.29) is 11.1 Å². The van der Waals surface area contributed by atoms with Gasteiger partial charge in [0, 0.05) is 25.8 Å². The summed E-state index contributed by atoms with van der Waals surface area (Å²) < 4.78 is 7.25. The number of pyridine rings is 1. The minimum atomic E-state index is -1.25. The van der Waals surface area contributed by atoms with E-state index in [9.17, 15) is 14.7 Å². The number of thiazole rings is 1. The number of rotatable bonds is 5. The first-order valence-corrected chi connectivity index (χ1v) is 11.2. The average molecular weight is 448 g/mol. The predicted molar refractivity (Wildman–Crippen MR) is 125 cm³/mol. The molecular formula is C24H21N3O4S. The van der Waals surface area contributed by atoms with Gasteiger partial charge in [-0.15, -0.1) is 0 Å². The van der Waals surface area contributed by atoms with Gasteiger partial charge < -0.3 is 19.3 Å². The molecule has 0 saturated carbocycles. The van der Waals surface area contributed by atoms with Gasteiger partial charge in [-0.3, -0.25) is 4.79 Å². The van der Waals surface area contributed by atoms with Crippen LogP contribution in [0.5, 0.6) is 0 Å². The lowest BCUT2D eigenvalue weighted by molar-refractivity contribution is 0.0695. The number of benzene rings is 2. The summed E-state index contributed by atoms with van der Waals surface area (Å²) in [7, 11) is 0. The molecular weight excluding hydrogens is 426 g/mol. The van der Waals surface area contributed by atoms with Crippen LogP contribution < -0.4 is 10.3 Å². The summed E-state index contributed by atoms with van der Waals surface area (Å²) in [6, 6.07) is 18.1. The van der Waals surface area contributed by atoms with Crippen molar-refractivity contribution in [1.29, 1.82) is 0 Å². The van der Waals surface area contributed by atoms with Crippen molar-refractivity contribution < 1.29 is 14.6 Å². The van der Waals surface area contributed by atoms with Gasteiger partial charge in [-0.2, -0.15) is 0 Å². The molecule has 0 atom stereocenters. The molecule has 1 aliphatic rings. The molecule has 5 rings (SSSR count). The number of hydrogen-bond acceptors (Lipinski definition) is 6. The highest BCUT2D eigenvalue weighted by atomic mass is 32.1. The lowest BCUT2D eigenvalue weighted by Crippen LogP contribution is -2.36. The first-order chi connectivity index (χ1) is 15.6. The third kappa shape index (κ3) is 3.79. The molecule has 1 N–H and O–H groups in total. The number of hydrogen-bond donors (Lipinski definition) is 1. The fourth-order valence-electron chi connectivity index (χ4n) is 3.95. The number of carboxylic acid groups (broad SMARTS) is 1. The molecule has 7 nitrogen and oxygen atoms in total. The Morgan fingerprint density at radius 3 is 2.53 bits per heavy atom. The molecule has 0 spiro atoms. The molecule has 2 aromatic heterocycles. The van der Waals surface area contributed by atoms with Crippen molar-refractivity contribution in [1.82, 2.24) is 9.55 Å². The van der Waals surface area contributed by atoms with Crippen LogP contribution in [0.15, 0.2) is 65.6 Å². The van der Waals surface area contributed by atoms with E-state index in [1.807, 2.05) is 59.2 Å². The Morgan fingerprint density at radius 1 is 1.06 bits per heavy atom.